The fourth-order valence-electron chi connectivity index (χ4n) is 3.50. The van der Waals surface area contributed by atoms with Crippen molar-refractivity contribution in [2.75, 3.05) is 5.32 Å². The molecule has 20 heavy (non-hydrogen) atoms. The number of hydrogen-bond donors (Lipinski definition) is 1. The minimum absolute atomic E-state index is 0.000803. The summed E-state index contributed by atoms with van der Waals surface area (Å²) < 4.78 is 1.11. The third-order valence-electron chi connectivity index (χ3n) is 4.51. The number of Topliss-reactive ketones (excluding diaryl/α,β-unsaturated/α-hetero) is 1. The highest BCUT2D eigenvalue weighted by atomic mass is 127. The standard InChI is InChI=1S/C16H18INO2/c17-13-5-2-6-14(9-13)18-16(20)12-7-10-3-1-4-11(8-12)15(10)19/h2,5-6,9-12H,1,3-4,7-8H2,(H,18,20). The van der Waals surface area contributed by atoms with Crippen LogP contribution >= 0.6 is 22.6 Å². The number of halogens is 1. The van der Waals surface area contributed by atoms with Gasteiger partial charge in [-0.25, -0.2) is 0 Å². The van der Waals surface area contributed by atoms with Crippen molar-refractivity contribution in [1.82, 2.24) is 0 Å². The topological polar surface area (TPSA) is 46.2 Å². The molecular weight excluding hydrogens is 365 g/mol. The average Bonchev–Trinajstić information content (AvgIpc) is 2.38. The second kappa shape index (κ2) is 5.84. The van der Waals surface area contributed by atoms with Gasteiger partial charge in [0.25, 0.3) is 0 Å². The summed E-state index contributed by atoms with van der Waals surface area (Å²) in [7, 11) is 0. The van der Waals surface area contributed by atoms with Gasteiger partial charge in [0, 0.05) is 27.0 Å². The third-order valence-corrected chi connectivity index (χ3v) is 5.18. The molecule has 3 nitrogen and oxygen atoms in total. The molecule has 0 spiro atoms. The van der Waals surface area contributed by atoms with Crippen LogP contribution in [0.5, 0.6) is 0 Å². The molecule has 2 bridgehead atoms. The second-order valence-corrected chi connectivity index (χ2v) is 7.14. The lowest BCUT2D eigenvalue weighted by Crippen LogP contribution is -2.40. The van der Waals surface area contributed by atoms with Gasteiger partial charge in [-0.15, -0.1) is 0 Å². The first kappa shape index (κ1) is 14.0. The Bertz CT molecular complexity index is 527. The number of rotatable bonds is 2. The molecule has 2 atom stereocenters. The van der Waals surface area contributed by atoms with Crippen molar-refractivity contribution in [3.05, 3.63) is 27.8 Å². The van der Waals surface area contributed by atoms with E-state index < -0.39 is 0 Å². The first-order chi connectivity index (χ1) is 9.63. The summed E-state index contributed by atoms with van der Waals surface area (Å²) in [5.74, 6) is 0.759. The zero-order valence-corrected chi connectivity index (χ0v) is 13.4. The predicted molar refractivity (Wildman–Crippen MR) is 86.4 cm³/mol. The number of benzene rings is 1. The predicted octanol–water partition coefficient (Wildman–Crippen LogP) is 3.63. The quantitative estimate of drug-likeness (QED) is 0.793. The number of ketones is 1. The Labute approximate surface area is 132 Å². The fourth-order valence-corrected chi connectivity index (χ4v) is 4.05. The van der Waals surface area contributed by atoms with Gasteiger partial charge in [0.15, 0.2) is 0 Å². The van der Waals surface area contributed by atoms with Gasteiger partial charge in [0.2, 0.25) is 5.91 Å². The highest BCUT2D eigenvalue weighted by Gasteiger charge is 2.41. The Morgan fingerprint density at radius 1 is 1.20 bits per heavy atom. The molecule has 0 heterocycles. The Balaban J connectivity index is 1.67. The maximum atomic E-state index is 12.4. The summed E-state index contributed by atoms with van der Waals surface area (Å²) >= 11 is 2.24. The summed E-state index contributed by atoms with van der Waals surface area (Å²) in [6, 6.07) is 7.82. The lowest BCUT2D eigenvalue weighted by molar-refractivity contribution is -0.136. The van der Waals surface area contributed by atoms with Gasteiger partial charge < -0.3 is 5.32 Å². The van der Waals surface area contributed by atoms with Gasteiger partial charge in [-0.3, -0.25) is 9.59 Å². The lowest BCUT2D eigenvalue weighted by atomic mass is 9.67. The summed E-state index contributed by atoms with van der Waals surface area (Å²) in [5.41, 5.74) is 0.851. The number of fused-ring (bicyclic) bond motifs is 2. The van der Waals surface area contributed by atoms with Gasteiger partial charge >= 0.3 is 0 Å². The number of carbonyl (C=O) groups excluding carboxylic acids is 2. The largest absolute Gasteiger partial charge is 0.326 e. The normalized spacial score (nSPS) is 29.1. The van der Waals surface area contributed by atoms with Crippen LogP contribution in [0.15, 0.2) is 24.3 Å². The summed E-state index contributed by atoms with van der Waals surface area (Å²) in [5, 5.41) is 3.00. The Morgan fingerprint density at radius 3 is 2.55 bits per heavy atom. The van der Waals surface area contributed by atoms with E-state index in [1.165, 1.54) is 0 Å². The van der Waals surface area contributed by atoms with Crippen LogP contribution in [0.3, 0.4) is 0 Å². The minimum Gasteiger partial charge on any atom is -0.326 e. The first-order valence-electron chi connectivity index (χ1n) is 7.23. The summed E-state index contributed by atoms with van der Waals surface area (Å²) in [6.45, 7) is 0. The zero-order chi connectivity index (χ0) is 14.1. The smallest absolute Gasteiger partial charge is 0.227 e. The van der Waals surface area contributed by atoms with Gasteiger partial charge in [0.05, 0.1) is 0 Å². The first-order valence-corrected chi connectivity index (χ1v) is 8.31. The van der Waals surface area contributed by atoms with Crippen molar-refractivity contribution < 1.29 is 9.59 Å². The second-order valence-electron chi connectivity index (χ2n) is 5.90. The van der Waals surface area contributed by atoms with E-state index in [1.807, 2.05) is 24.3 Å². The van der Waals surface area contributed by atoms with Gasteiger partial charge in [0.1, 0.15) is 5.78 Å². The molecule has 2 aliphatic carbocycles. The molecule has 2 fully saturated rings. The van der Waals surface area contributed by atoms with Crippen LogP contribution < -0.4 is 5.32 Å². The van der Waals surface area contributed by atoms with Gasteiger partial charge in [-0.1, -0.05) is 12.5 Å². The Kier molecular flexibility index (Phi) is 4.10. The van der Waals surface area contributed by atoms with Crippen molar-refractivity contribution in [2.45, 2.75) is 32.1 Å². The summed E-state index contributed by atoms with van der Waals surface area (Å²) in [6.07, 6.45) is 4.58. The lowest BCUT2D eigenvalue weighted by Gasteiger charge is -2.36. The SMILES string of the molecule is O=C(Nc1cccc(I)c1)C1CC2CCCC(C1)C2=O. The maximum Gasteiger partial charge on any atom is 0.227 e. The van der Waals surface area contributed by atoms with Crippen LogP contribution in [-0.2, 0) is 9.59 Å². The van der Waals surface area contributed by atoms with Crippen LogP contribution in [0, 0.1) is 21.3 Å². The molecule has 1 N–H and O–H groups in total. The molecule has 2 unspecified atom stereocenters. The zero-order valence-electron chi connectivity index (χ0n) is 11.3. The molecule has 106 valence electrons. The van der Waals surface area contributed by atoms with Crippen molar-refractivity contribution in [1.29, 1.82) is 0 Å². The number of amides is 1. The molecule has 2 aliphatic rings. The fraction of sp³-hybridized carbons (Fsp3) is 0.500. The van der Waals surface area contributed by atoms with E-state index >= 15 is 0 Å². The molecule has 1 aromatic rings. The van der Waals surface area contributed by atoms with E-state index in [1.54, 1.807) is 0 Å². The molecule has 0 aromatic heterocycles. The van der Waals surface area contributed by atoms with E-state index in [0.29, 0.717) is 5.78 Å². The van der Waals surface area contributed by atoms with Crippen molar-refractivity contribution >= 4 is 40.0 Å². The molecule has 2 saturated carbocycles. The molecule has 0 radical (unpaired) electrons. The Hall–Kier alpha value is -0.910. The minimum atomic E-state index is 0.000803. The van der Waals surface area contributed by atoms with Gasteiger partial charge in [-0.05, 0) is 66.5 Å². The number of nitrogens with one attached hydrogen (secondary N) is 1. The summed E-state index contributed by atoms with van der Waals surface area (Å²) in [4.78, 5) is 24.4. The average molecular weight is 383 g/mol. The highest BCUT2D eigenvalue weighted by molar-refractivity contribution is 14.1. The molecule has 3 rings (SSSR count). The number of carbonyl (C=O) groups is 2. The molecule has 4 heteroatoms. The molecule has 1 amide bonds. The molecule has 0 aliphatic heterocycles. The van der Waals surface area contributed by atoms with Crippen molar-refractivity contribution in [2.24, 2.45) is 17.8 Å². The van der Waals surface area contributed by atoms with E-state index in [0.717, 1.165) is 41.4 Å². The monoisotopic (exact) mass is 383 g/mol. The van der Waals surface area contributed by atoms with E-state index in [4.69, 9.17) is 0 Å². The van der Waals surface area contributed by atoms with Crippen LogP contribution in [-0.4, -0.2) is 11.7 Å². The van der Waals surface area contributed by atoms with E-state index in [2.05, 4.69) is 27.9 Å². The van der Waals surface area contributed by atoms with E-state index in [-0.39, 0.29) is 23.7 Å². The van der Waals surface area contributed by atoms with Crippen molar-refractivity contribution in [3.63, 3.8) is 0 Å². The van der Waals surface area contributed by atoms with Gasteiger partial charge in [-0.2, -0.15) is 0 Å². The third kappa shape index (κ3) is 2.90. The molecule has 1 aromatic carbocycles. The Morgan fingerprint density at radius 2 is 1.90 bits per heavy atom. The van der Waals surface area contributed by atoms with Crippen LogP contribution in [0.4, 0.5) is 5.69 Å². The van der Waals surface area contributed by atoms with E-state index in [9.17, 15) is 9.59 Å². The molecular formula is C16H18INO2. The number of hydrogen-bond acceptors (Lipinski definition) is 2. The molecule has 0 saturated heterocycles. The van der Waals surface area contributed by atoms with Crippen LogP contribution in [0.1, 0.15) is 32.1 Å². The highest BCUT2D eigenvalue weighted by Crippen LogP contribution is 2.40. The van der Waals surface area contributed by atoms with Crippen molar-refractivity contribution in [3.8, 4) is 0 Å². The van der Waals surface area contributed by atoms with Crippen LogP contribution in [0.25, 0.3) is 0 Å². The number of anilines is 1. The van der Waals surface area contributed by atoms with Crippen LogP contribution in [0.2, 0.25) is 0 Å². The maximum absolute atomic E-state index is 12.4.